The first-order chi connectivity index (χ1) is 7.14. The van der Waals surface area contributed by atoms with Crippen molar-refractivity contribution in [2.75, 3.05) is 0 Å². The zero-order chi connectivity index (χ0) is 10.9. The molecule has 2 rings (SSSR count). The van der Waals surface area contributed by atoms with Crippen LogP contribution in [0, 0.1) is 11.3 Å². The molecule has 3 heteroatoms. The molecular formula is C12H18N2O. The van der Waals surface area contributed by atoms with Crippen molar-refractivity contribution in [3.05, 3.63) is 18.5 Å². The highest BCUT2D eigenvalue weighted by molar-refractivity contribution is 5.87. The molecule has 0 amide bonds. The van der Waals surface area contributed by atoms with Crippen molar-refractivity contribution >= 4 is 5.78 Å². The molecule has 82 valence electrons. The maximum absolute atomic E-state index is 12.1. The molecule has 0 unspecified atom stereocenters. The Hall–Kier alpha value is -1.12. The number of nitrogens with zero attached hydrogens (tertiary/aromatic N) is 2. The van der Waals surface area contributed by atoms with Crippen LogP contribution in [0.2, 0.25) is 0 Å². The first-order valence-electron chi connectivity index (χ1n) is 5.66. The summed E-state index contributed by atoms with van der Waals surface area (Å²) < 4.78 is 1.89. The molecule has 0 N–H and O–H groups in total. The molecule has 0 saturated heterocycles. The summed E-state index contributed by atoms with van der Waals surface area (Å²) in [5.74, 6) is 0.546. The summed E-state index contributed by atoms with van der Waals surface area (Å²) in [5.41, 5.74) is -0.111. The van der Waals surface area contributed by atoms with Crippen molar-refractivity contribution in [3.63, 3.8) is 0 Å². The van der Waals surface area contributed by atoms with E-state index in [0.717, 1.165) is 19.4 Å². The van der Waals surface area contributed by atoms with Gasteiger partial charge >= 0.3 is 0 Å². The summed E-state index contributed by atoms with van der Waals surface area (Å²) >= 11 is 0. The highest BCUT2D eigenvalue weighted by Gasteiger charge is 2.44. The van der Waals surface area contributed by atoms with Gasteiger partial charge in [-0.3, -0.25) is 9.48 Å². The van der Waals surface area contributed by atoms with Crippen LogP contribution in [-0.2, 0) is 11.3 Å². The highest BCUT2D eigenvalue weighted by atomic mass is 16.1. The molecule has 0 aliphatic heterocycles. The van der Waals surface area contributed by atoms with Crippen LogP contribution in [0.25, 0.3) is 0 Å². The van der Waals surface area contributed by atoms with E-state index in [1.807, 2.05) is 30.8 Å². The van der Waals surface area contributed by atoms with Crippen LogP contribution in [0.3, 0.4) is 0 Å². The third kappa shape index (κ3) is 1.83. The summed E-state index contributed by atoms with van der Waals surface area (Å²) in [4.78, 5) is 12.1. The van der Waals surface area contributed by atoms with Crippen molar-refractivity contribution in [3.8, 4) is 0 Å². The number of hydrogen-bond acceptors (Lipinski definition) is 2. The van der Waals surface area contributed by atoms with Gasteiger partial charge in [0.25, 0.3) is 0 Å². The average Bonchev–Trinajstić information content (AvgIpc) is 2.62. The van der Waals surface area contributed by atoms with Crippen LogP contribution in [0.15, 0.2) is 18.5 Å². The van der Waals surface area contributed by atoms with Crippen molar-refractivity contribution in [2.45, 2.75) is 39.7 Å². The first kappa shape index (κ1) is 10.4. The van der Waals surface area contributed by atoms with Gasteiger partial charge in [-0.1, -0.05) is 20.3 Å². The molecule has 0 radical (unpaired) electrons. The van der Waals surface area contributed by atoms with E-state index in [9.17, 15) is 4.79 Å². The second-order valence-corrected chi connectivity index (χ2v) is 4.86. The Morgan fingerprint density at radius 2 is 2.27 bits per heavy atom. The van der Waals surface area contributed by atoms with E-state index in [2.05, 4.69) is 5.10 Å². The molecule has 1 fully saturated rings. The lowest BCUT2D eigenvalue weighted by Gasteiger charge is -2.41. The highest BCUT2D eigenvalue weighted by Crippen LogP contribution is 2.44. The van der Waals surface area contributed by atoms with Crippen molar-refractivity contribution in [1.29, 1.82) is 0 Å². The molecule has 1 aliphatic rings. The Balaban J connectivity index is 2.12. The standard InChI is InChI=1S/C12H18N2O/c1-10(2)11(15)12(5-3-6-12)9-14-8-4-7-13-14/h4,7-8,10H,3,5-6,9H2,1-2H3. The normalized spacial score (nSPS) is 18.9. The lowest BCUT2D eigenvalue weighted by Crippen LogP contribution is -2.44. The Kier molecular flexibility index (Phi) is 2.63. The smallest absolute Gasteiger partial charge is 0.143 e. The van der Waals surface area contributed by atoms with Gasteiger partial charge in [0.15, 0.2) is 0 Å². The molecule has 1 saturated carbocycles. The number of rotatable bonds is 4. The molecule has 15 heavy (non-hydrogen) atoms. The summed E-state index contributed by atoms with van der Waals surface area (Å²) in [6.07, 6.45) is 6.95. The second kappa shape index (κ2) is 3.80. The van der Waals surface area contributed by atoms with Gasteiger partial charge in [-0.05, 0) is 18.9 Å². The van der Waals surface area contributed by atoms with Gasteiger partial charge in [0.1, 0.15) is 5.78 Å². The first-order valence-corrected chi connectivity index (χ1v) is 5.66. The van der Waals surface area contributed by atoms with Gasteiger partial charge in [0.2, 0.25) is 0 Å². The number of Topliss-reactive ketones (excluding diaryl/α,β-unsaturated/α-hetero) is 1. The molecule has 3 nitrogen and oxygen atoms in total. The SMILES string of the molecule is CC(C)C(=O)C1(Cn2cccn2)CCC1. The fourth-order valence-corrected chi connectivity index (χ4v) is 2.40. The minimum Gasteiger partial charge on any atom is -0.299 e. The molecule has 0 aromatic carbocycles. The minimum absolute atomic E-state index is 0.111. The Labute approximate surface area is 90.5 Å². The van der Waals surface area contributed by atoms with Crippen LogP contribution in [0.1, 0.15) is 33.1 Å². The molecule has 1 aromatic heterocycles. The zero-order valence-electron chi connectivity index (χ0n) is 9.44. The fraction of sp³-hybridized carbons (Fsp3) is 0.667. The van der Waals surface area contributed by atoms with Crippen LogP contribution in [0.5, 0.6) is 0 Å². The summed E-state index contributed by atoms with van der Waals surface area (Å²) in [6, 6.07) is 1.91. The van der Waals surface area contributed by atoms with E-state index in [1.54, 1.807) is 6.20 Å². The predicted octanol–water partition coefficient (Wildman–Crippen LogP) is 2.28. The van der Waals surface area contributed by atoms with Gasteiger partial charge in [0, 0.05) is 23.7 Å². The third-order valence-electron chi connectivity index (χ3n) is 3.38. The van der Waals surface area contributed by atoms with E-state index < -0.39 is 0 Å². The molecule has 1 aliphatic carbocycles. The summed E-state index contributed by atoms with van der Waals surface area (Å²) in [5, 5.41) is 4.19. The summed E-state index contributed by atoms with van der Waals surface area (Å²) in [6.45, 7) is 4.74. The summed E-state index contributed by atoms with van der Waals surface area (Å²) in [7, 11) is 0. The fourth-order valence-electron chi connectivity index (χ4n) is 2.40. The van der Waals surface area contributed by atoms with Gasteiger partial charge in [0.05, 0.1) is 6.54 Å². The van der Waals surface area contributed by atoms with Crippen LogP contribution >= 0.6 is 0 Å². The molecule has 0 spiro atoms. The second-order valence-electron chi connectivity index (χ2n) is 4.86. The van der Waals surface area contributed by atoms with Crippen molar-refractivity contribution in [1.82, 2.24) is 9.78 Å². The van der Waals surface area contributed by atoms with E-state index in [0.29, 0.717) is 5.78 Å². The molecule has 0 bridgehead atoms. The third-order valence-corrected chi connectivity index (χ3v) is 3.38. The van der Waals surface area contributed by atoms with Crippen LogP contribution in [0.4, 0.5) is 0 Å². The van der Waals surface area contributed by atoms with Crippen LogP contribution in [-0.4, -0.2) is 15.6 Å². The lowest BCUT2D eigenvalue weighted by atomic mass is 9.63. The number of carbonyl (C=O) groups is 1. The van der Waals surface area contributed by atoms with Gasteiger partial charge in [-0.15, -0.1) is 0 Å². The largest absolute Gasteiger partial charge is 0.299 e. The average molecular weight is 206 g/mol. The maximum Gasteiger partial charge on any atom is 0.143 e. The maximum atomic E-state index is 12.1. The topological polar surface area (TPSA) is 34.9 Å². The zero-order valence-corrected chi connectivity index (χ0v) is 9.44. The van der Waals surface area contributed by atoms with E-state index in [4.69, 9.17) is 0 Å². The molecule has 0 atom stereocenters. The van der Waals surface area contributed by atoms with Gasteiger partial charge < -0.3 is 0 Å². The quantitative estimate of drug-likeness (QED) is 0.757. The molecule has 1 aromatic rings. The number of ketones is 1. The molecule has 1 heterocycles. The van der Waals surface area contributed by atoms with Gasteiger partial charge in [-0.2, -0.15) is 5.10 Å². The Bertz CT molecular complexity index is 337. The van der Waals surface area contributed by atoms with Crippen LogP contribution < -0.4 is 0 Å². The molecular weight excluding hydrogens is 188 g/mol. The van der Waals surface area contributed by atoms with E-state index in [-0.39, 0.29) is 11.3 Å². The lowest BCUT2D eigenvalue weighted by molar-refractivity contribution is -0.138. The van der Waals surface area contributed by atoms with Crippen molar-refractivity contribution in [2.24, 2.45) is 11.3 Å². The van der Waals surface area contributed by atoms with Crippen molar-refractivity contribution < 1.29 is 4.79 Å². The monoisotopic (exact) mass is 206 g/mol. The minimum atomic E-state index is -0.111. The Morgan fingerprint density at radius 1 is 1.53 bits per heavy atom. The number of carbonyl (C=O) groups excluding carboxylic acids is 1. The number of aromatic nitrogens is 2. The van der Waals surface area contributed by atoms with Gasteiger partial charge in [-0.25, -0.2) is 0 Å². The van der Waals surface area contributed by atoms with E-state index >= 15 is 0 Å². The van der Waals surface area contributed by atoms with E-state index in [1.165, 1.54) is 6.42 Å². The Morgan fingerprint density at radius 3 is 2.67 bits per heavy atom. The predicted molar refractivity (Wildman–Crippen MR) is 58.4 cm³/mol. The number of hydrogen-bond donors (Lipinski definition) is 0.